The first kappa shape index (κ1) is 18.9. The maximum Gasteiger partial charge on any atom is 0.250 e. The molecule has 6 nitrogen and oxygen atoms in total. The van der Waals surface area contributed by atoms with E-state index in [2.05, 4.69) is 34.3 Å². The Balaban J connectivity index is 1.79. The van der Waals surface area contributed by atoms with Crippen LogP contribution >= 0.6 is 0 Å². The van der Waals surface area contributed by atoms with E-state index in [9.17, 15) is 4.79 Å². The summed E-state index contributed by atoms with van der Waals surface area (Å²) in [7, 11) is 0. The van der Waals surface area contributed by atoms with Crippen molar-refractivity contribution >= 4 is 17.2 Å². The molecule has 6 heteroatoms. The van der Waals surface area contributed by atoms with Gasteiger partial charge in [0.2, 0.25) is 0 Å². The van der Waals surface area contributed by atoms with E-state index in [4.69, 9.17) is 0 Å². The normalized spacial score (nSPS) is 15.3. The number of allylic oxidation sites excluding steroid dienone is 1. The fraction of sp³-hybridized carbons (Fsp3) is 0.381. The van der Waals surface area contributed by atoms with Gasteiger partial charge in [0.05, 0.1) is 11.4 Å². The van der Waals surface area contributed by atoms with Crippen LogP contribution in [0, 0.1) is 6.92 Å². The first-order valence-electron chi connectivity index (χ1n) is 9.36. The average Bonchev–Trinajstić information content (AvgIpc) is 3.36. The Hall–Kier alpha value is -2.89. The molecular formula is C21H27N5O. The largest absolute Gasteiger partial charge is 0.365 e. The third-order valence-electron chi connectivity index (χ3n) is 4.76. The molecule has 0 aromatic carbocycles. The molecule has 0 spiro atoms. The minimum Gasteiger partial charge on any atom is -0.365 e. The monoisotopic (exact) mass is 365 g/mol. The predicted molar refractivity (Wildman–Crippen MR) is 112 cm³/mol. The van der Waals surface area contributed by atoms with Crippen molar-refractivity contribution < 1.29 is 0 Å². The van der Waals surface area contributed by atoms with Gasteiger partial charge in [-0.15, -0.1) is 0 Å². The smallest absolute Gasteiger partial charge is 0.250 e. The number of aryl methyl sites for hydroxylation is 2. The van der Waals surface area contributed by atoms with Crippen molar-refractivity contribution in [1.29, 1.82) is 0 Å². The highest BCUT2D eigenvalue weighted by atomic mass is 16.1. The van der Waals surface area contributed by atoms with E-state index < -0.39 is 0 Å². The molecule has 1 aliphatic carbocycles. The van der Waals surface area contributed by atoms with E-state index >= 15 is 0 Å². The van der Waals surface area contributed by atoms with Gasteiger partial charge in [-0.05, 0) is 56.9 Å². The van der Waals surface area contributed by atoms with Gasteiger partial charge < -0.3 is 9.88 Å². The lowest BCUT2D eigenvalue weighted by Gasteiger charge is -2.14. The summed E-state index contributed by atoms with van der Waals surface area (Å²) >= 11 is 0. The SMILES string of the molecule is C=C/C(=N\Nc1ccc(=O)n(CCC)c1)c1cnc(NC2(C)CC2)cc1C. The minimum absolute atomic E-state index is 0.0113. The maximum atomic E-state index is 11.8. The molecule has 1 aliphatic rings. The zero-order chi connectivity index (χ0) is 19.4. The van der Waals surface area contributed by atoms with Crippen molar-refractivity contribution in [2.24, 2.45) is 5.10 Å². The van der Waals surface area contributed by atoms with Gasteiger partial charge in [0.15, 0.2) is 0 Å². The lowest BCUT2D eigenvalue weighted by atomic mass is 10.1. The third kappa shape index (κ3) is 4.64. The lowest BCUT2D eigenvalue weighted by molar-refractivity contribution is 0.655. The minimum atomic E-state index is -0.0113. The van der Waals surface area contributed by atoms with Crippen LogP contribution in [-0.2, 0) is 6.54 Å². The summed E-state index contributed by atoms with van der Waals surface area (Å²) in [4.78, 5) is 16.4. The van der Waals surface area contributed by atoms with Gasteiger partial charge in [-0.25, -0.2) is 4.98 Å². The topological polar surface area (TPSA) is 71.3 Å². The molecule has 2 aromatic heterocycles. The molecule has 2 N–H and O–H groups in total. The van der Waals surface area contributed by atoms with E-state index in [-0.39, 0.29) is 11.1 Å². The van der Waals surface area contributed by atoms with Crippen LogP contribution in [0.25, 0.3) is 0 Å². The Morgan fingerprint density at radius 3 is 2.85 bits per heavy atom. The van der Waals surface area contributed by atoms with Crippen LogP contribution in [0.1, 0.15) is 44.2 Å². The van der Waals surface area contributed by atoms with Crippen LogP contribution < -0.4 is 16.3 Å². The van der Waals surface area contributed by atoms with Gasteiger partial charge in [0.1, 0.15) is 5.82 Å². The molecule has 142 valence electrons. The first-order chi connectivity index (χ1) is 12.9. The van der Waals surface area contributed by atoms with Crippen molar-refractivity contribution in [3.63, 3.8) is 0 Å². The number of hydrazone groups is 1. The Morgan fingerprint density at radius 1 is 1.44 bits per heavy atom. The average molecular weight is 365 g/mol. The van der Waals surface area contributed by atoms with E-state index in [1.165, 1.54) is 12.8 Å². The summed E-state index contributed by atoms with van der Waals surface area (Å²) in [6.07, 6.45) is 8.56. The van der Waals surface area contributed by atoms with Crippen LogP contribution in [0.2, 0.25) is 0 Å². The first-order valence-corrected chi connectivity index (χ1v) is 9.36. The highest BCUT2D eigenvalue weighted by molar-refractivity contribution is 6.09. The summed E-state index contributed by atoms with van der Waals surface area (Å²) in [5, 5.41) is 7.94. The Labute approximate surface area is 160 Å². The van der Waals surface area contributed by atoms with Crippen molar-refractivity contribution in [1.82, 2.24) is 9.55 Å². The molecule has 1 fully saturated rings. The molecule has 0 atom stereocenters. The lowest BCUT2D eigenvalue weighted by Crippen LogP contribution is -2.18. The number of hydrogen-bond donors (Lipinski definition) is 2. The van der Waals surface area contributed by atoms with Gasteiger partial charge in [0, 0.05) is 36.1 Å². The van der Waals surface area contributed by atoms with Gasteiger partial charge in [-0.3, -0.25) is 10.2 Å². The van der Waals surface area contributed by atoms with Crippen LogP contribution in [0.3, 0.4) is 0 Å². The highest BCUT2D eigenvalue weighted by Gasteiger charge is 2.37. The summed E-state index contributed by atoms with van der Waals surface area (Å²) in [5.41, 5.74) is 6.67. The fourth-order valence-corrected chi connectivity index (χ4v) is 2.87. The maximum absolute atomic E-state index is 11.8. The Morgan fingerprint density at radius 2 is 2.22 bits per heavy atom. The molecule has 0 bridgehead atoms. The molecule has 3 rings (SSSR count). The number of aromatic nitrogens is 2. The number of anilines is 2. The molecule has 0 aliphatic heterocycles. The van der Waals surface area contributed by atoms with Crippen molar-refractivity contribution in [2.45, 2.75) is 52.1 Å². The Kier molecular flexibility index (Phi) is 5.44. The van der Waals surface area contributed by atoms with E-state index in [0.29, 0.717) is 12.3 Å². The molecule has 0 saturated heterocycles. The number of pyridine rings is 2. The molecule has 0 amide bonds. The molecule has 2 heterocycles. The molecule has 0 unspecified atom stereocenters. The molecule has 1 saturated carbocycles. The predicted octanol–water partition coefficient (Wildman–Crippen LogP) is 3.93. The second-order valence-corrected chi connectivity index (χ2v) is 7.33. The number of nitrogens with zero attached hydrogens (tertiary/aromatic N) is 3. The standard InChI is InChI=1S/C21H27N5O/c1-5-11-26-14-16(7-8-20(26)27)24-25-18(6-2)17-13-22-19(12-15(17)3)23-21(4)9-10-21/h6-8,12-14,24H,2,5,9-11H2,1,3-4H3,(H,22,23)/b25-18+. The van der Waals surface area contributed by atoms with E-state index in [1.807, 2.05) is 26.1 Å². The van der Waals surface area contributed by atoms with E-state index in [0.717, 1.165) is 29.1 Å². The van der Waals surface area contributed by atoms with Crippen LogP contribution in [-0.4, -0.2) is 20.8 Å². The molecule has 27 heavy (non-hydrogen) atoms. The number of hydrogen-bond acceptors (Lipinski definition) is 5. The second-order valence-electron chi connectivity index (χ2n) is 7.33. The second kappa shape index (κ2) is 7.78. The fourth-order valence-electron chi connectivity index (χ4n) is 2.87. The van der Waals surface area contributed by atoms with Crippen LogP contribution in [0.15, 0.2) is 53.1 Å². The molecule has 0 radical (unpaired) electrons. The Bertz CT molecular complexity index is 924. The van der Waals surface area contributed by atoms with Gasteiger partial charge in [-0.2, -0.15) is 5.10 Å². The van der Waals surface area contributed by atoms with Gasteiger partial charge in [0.25, 0.3) is 5.56 Å². The zero-order valence-electron chi connectivity index (χ0n) is 16.2. The molecule has 2 aromatic rings. The summed E-state index contributed by atoms with van der Waals surface area (Å²) in [6.45, 7) is 10.8. The number of nitrogens with one attached hydrogen (secondary N) is 2. The number of rotatable bonds is 8. The van der Waals surface area contributed by atoms with Crippen molar-refractivity contribution in [3.8, 4) is 0 Å². The summed E-state index contributed by atoms with van der Waals surface area (Å²) < 4.78 is 1.68. The van der Waals surface area contributed by atoms with E-state index in [1.54, 1.807) is 29.0 Å². The highest BCUT2D eigenvalue weighted by Crippen LogP contribution is 2.37. The van der Waals surface area contributed by atoms with Crippen molar-refractivity contribution in [3.05, 3.63) is 64.7 Å². The van der Waals surface area contributed by atoms with Crippen LogP contribution in [0.4, 0.5) is 11.5 Å². The van der Waals surface area contributed by atoms with Gasteiger partial charge >= 0.3 is 0 Å². The summed E-state index contributed by atoms with van der Waals surface area (Å²) in [5.74, 6) is 0.888. The summed E-state index contributed by atoms with van der Waals surface area (Å²) in [6, 6.07) is 5.32. The van der Waals surface area contributed by atoms with Crippen molar-refractivity contribution in [2.75, 3.05) is 10.7 Å². The van der Waals surface area contributed by atoms with Gasteiger partial charge in [-0.1, -0.05) is 13.5 Å². The van der Waals surface area contributed by atoms with Crippen LogP contribution in [0.5, 0.6) is 0 Å². The molecular weight excluding hydrogens is 338 g/mol. The third-order valence-corrected chi connectivity index (χ3v) is 4.76. The quantitative estimate of drug-likeness (QED) is 0.549. The zero-order valence-corrected chi connectivity index (χ0v) is 16.2.